The summed E-state index contributed by atoms with van der Waals surface area (Å²) in [7, 11) is 0. The molecule has 3 atom stereocenters. The van der Waals surface area contributed by atoms with Crippen molar-refractivity contribution in [2.45, 2.75) is 51.6 Å². The zero-order chi connectivity index (χ0) is 12.5. The van der Waals surface area contributed by atoms with Crippen molar-refractivity contribution < 1.29 is 10.6 Å². The van der Waals surface area contributed by atoms with E-state index in [4.69, 9.17) is 0 Å². The van der Waals surface area contributed by atoms with Crippen LogP contribution in [0.2, 0.25) is 0 Å². The molecule has 2 rings (SSSR count). The summed E-state index contributed by atoms with van der Waals surface area (Å²) in [5.41, 5.74) is 1.42. The van der Waals surface area contributed by atoms with Crippen LogP contribution >= 0.6 is 0 Å². The lowest BCUT2D eigenvalue weighted by Crippen LogP contribution is -2.41. The normalized spacial score (nSPS) is 28.6. The Morgan fingerprint density at radius 3 is 2.28 bits per heavy atom. The summed E-state index contributed by atoms with van der Waals surface area (Å²) >= 11 is 0. The maximum atomic E-state index is 10.3. The van der Waals surface area contributed by atoms with Crippen molar-refractivity contribution in [3.8, 4) is 0 Å². The number of aliphatic hydroxyl groups is 1. The molecular formula is C16H26O2. The summed E-state index contributed by atoms with van der Waals surface area (Å²) in [5, 5.41) is 10.3. The van der Waals surface area contributed by atoms with Gasteiger partial charge in [0.1, 0.15) is 0 Å². The van der Waals surface area contributed by atoms with Gasteiger partial charge in [-0.15, -0.1) is 0 Å². The molecule has 0 amide bonds. The highest BCUT2D eigenvalue weighted by molar-refractivity contribution is 5.25. The molecule has 1 fully saturated rings. The molecule has 3 N–H and O–H groups in total. The Morgan fingerprint density at radius 1 is 1.11 bits per heavy atom. The van der Waals surface area contributed by atoms with Gasteiger partial charge in [0.15, 0.2) is 0 Å². The van der Waals surface area contributed by atoms with Crippen LogP contribution in [0.3, 0.4) is 0 Å². The molecule has 18 heavy (non-hydrogen) atoms. The van der Waals surface area contributed by atoms with Crippen molar-refractivity contribution in [2.75, 3.05) is 0 Å². The van der Waals surface area contributed by atoms with Crippen LogP contribution in [-0.2, 0) is 5.41 Å². The van der Waals surface area contributed by atoms with E-state index in [2.05, 4.69) is 51.1 Å². The quantitative estimate of drug-likeness (QED) is 0.862. The van der Waals surface area contributed by atoms with Crippen molar-refractivity contribution in [2.24, 2.45) is 11.8 Å². The fourth-order valence-electron chi connectivity index (χ4n) is 3.27. The van der Waals surface area contributed by atoms with E-state index in [1.54, 1.807) is 0 Å². The molecule has 0 saturated heterocycles. The maximum Gasteiger partial charge on any atom is 0.0579 e. The topological polar surface area (TPSA) is 51.7 Å². The van der Waals surface area contributed by atoms with Crippen LogP contribution in [0.1, 0.15) is 45.6 Å². The van der Waals surface area contributed by atoms with Crippen molar-refractivity contribution in [1.82, 2.24) is 0 Å². The molecular weight excluding hydrogens is 224 g/mol. The zero-order valence-electron chi connectivity index (χ0n) is 11.7. The minimum atomic E-state index is -0.144. The largest absolute Gasteiger partial charge is 0.412 e. The average molecular weight is 250 g/mol. The minimum Gasteiger partial charge on any atom is -0.412 e. The van der Waals surface area contributed by atoms with Crippen LogP contribution in [0, 0.1) is 11.8 Å². The van der Waals surface area contributed by atoms with Crippen LogP contribution < -0.4 is 0 Å². The van der Waals surface area contributed by atoms with E-state index in [0.717, 1.165) is 12.8 Å². The van der Waals surface area contributed by atoms with E-state index < -0.39 is 0 Å². The molecule has 102 valence electrons. The van der Waals surface area contributed by atoms with Gasteiger partial charge >= 0.3 is 0 Å². The molecule has 2 heteroatoms. The smallest absolute Gasteiger partial charge is 0.0579 e. The third-order valence-electron chi connectivity index (χ3n) is 4.52. The zero-order valence-corrected chi connectivity index (χ0v) is 11.7. The van der Waals surface area contributed by atoms with E-state index in [1.165, 1.54) is 12.0 Å². The minimum absolute atomic E-state index is 0. The van der Waals surface area contributed by atoms with Gasteiger partial charge in [0.25, 0.3) is 0 Å². The Morgan fingerprint density at radius 2 is 1.72 bits per heavy atom. The summed E-state index contributed by atoms with van der Waals surface area (Å²) in [6, 6.07) is 10.6. The van der Waals surface area contributed by atoms with Crippen LogP contribution in [-0.4, -0.2) is 16.7 Å². The molecule has 1 aliphatic rings. The highest BCUT2D eigenvalue weighted by Gasteiger charge is 2.38. The van der Waals surface area contributed by atoms with Crippen LogP contribution in [0.4, 0.5) is 0 Å². The lowest BCUT2D eigenvalue weighted by molar-refractivity contribution is 0.0143. The van der Waals surface area contributed by atoms with E-state index in [9.17, 15) is 5.11 Å². The predicted molar refractivity (Wildman–Crippen MR) is 75.6 cm³/mol. The SMILES string of the molecule is CC1CCC(C(C)(C)c2ccccc2)C(O)C1.O. The first-order chi connectivity index (χ1) is 8.01. The van der Waals surface area contributed by atoms with Gasteiger partial charge in [-0.25, -0.2) is 0 Å². The van der Waals surface area contributed by atoms with Gasteiger partial charge in [0.2, 0.25) is 0 Å². The molecule has 0 aliphatic heterocycles. The Hall–Kier alpha value is -0.860. The molecule has 0 heterocycles. The second-order valence-corrected chi connectivity index (χ2v) is 6.18. The number of hydrogen-bond acceptors (Lipinski definition) is 1. The molecule has 2 nitrogen and oxygen atoms in total. The molecule has 1 saturated carbocycles. The second kappa shape index (κ2) is 5.85. The van der Waals surface area contributed by atoms with E-state index in [1.807, 2.05) is 0 Å². The highest BCUT2D eigenvalue weighted by atomic mass is 16.3. The van der Waals surface area contributed by atoms with Crippen LogP contribution in [0.5, 0.6) is 0 Å². The highest BCUT2D eigenvalue weighted by Crippen LogP contribution is 2.42. The van der Waals surface area contributed by atoms with Crippen molar-refractivity contribution in [3.05, 3.63) is 35.9 Å². The monoisotopic (exact) mass is 250 g/mol. The first-order valence-corrected chi connectivity index (χ1v) is 6.75. The molecule has 0 radical (unpaired) electrons. The van der Waals surface area contributed by atoms with Crippen LogP contribution in [0.25, 0.3) is 0 Å². The Balaban J connectivity index is 0.00000162. The van der Waals surface area contributed by atoms with Crippen molar-refractivity contribution >= 4 is 0 Å². The van der Waals surface area contributed by atoms with Gasteiger partial charge in [0.05, 0.1) is 6.10 Å². The summed E-state index contributed by atoms with van der Waals surface area (Å²) < 4.78 is 0. The lowest BCUT2D eigenvalue weighted by atomic mass is 9.64. The molecule has 1 aromatic rings. The van der Waals surface area contributed by atoms with Crippen LogP contribution in [0.15, 0.2) is 30.3 Å². The maximum absolute atomic E-state index is 10.3. The summed E-state index contributed by atoms with van der Waals surface area (Å²) in [5.74, 6) is 1.06. The fraction of sp³-hybridized carbons (Fsp3) is 0.625. The molecule has 1 aliphatic carbocycles. The third-order valence-corrected chi connectivity index (χ3v) is 4.52. The number of hydrogen-bond donors (Lipinski definition) is 1. The molecule has 3 unspecified atom stereocenters. The molecule has 0 bridgehead atoms. The lowest BCUT2D eigenvalue weighted by Gasteiger charge is -2.42. The number of aliphatic hydroxyl groups excluding tert-OH is 1. The van der Waals surface area contributed by atoms with E-state index in [0.29, 0.717) is 11.8 Å². The average Bonchev–Trinajstić information content (AvgIpc) is 2.29. The first kappa shape index (κ1) is 15.2. The number of rotatable bonds is 2. The van der Waals surface area contributed by atoms with Crippen molar-refractivity contribution in [1.29, 1.82) is 0 Å². The molecule has 0 spiro atoms. The summed E-state index contributed by atoms with van der Waals surface area (Å²) in [6.07, 6.45) is 3.21. The van der Waals surface area contributed by atoms with E-state index in [-0.39, 0.29) is 17.0 Å². The second-order valence-electron chi connectivity index (χ2n) is 6.18. The predicted octanol–water partition coefficient (Wildman–Crippen LogP) is 2.94. The molecule has 1 aromatic carbocycles. The van der Waals surface area contributed by atoms with Gasteiger partial charge < -0.3 is 10.6 Å². The first-order valence-electron chi connectivity index (χ1n) is 6.75. The fourth-order valence-corrected chi connectivity index (χ4v) is 3.27. The Bertz CT molecular complexity index is 359. The Kier molecular flexibility index (Phi) is 4.94. The van der Waals surface area contributed by atoms with Gasteiger partial charge in [-0.1, -0.05) is 57.5 Å². The van der Waals surface area contributed by atoms with Gasteiger partial charge in [-0.2, -0.15) is 0 Å². The van der Waals surface area contributed by atoms with Gasteiger partial charge in [0, 0.05) is 0 Å². The Labute approximate surface area is 110 Å². The summed E-state index contributed by atoms with van der Waals surface area (Å²) in [4.78, 5) is 0. The summed E-state index contributed by atoms with van der Waals surface area (Å²) in [6.45, 7) is 6.79. The number of benzene rings is 1. The standard InChI is InChI=1S/C16H24O.H2O/c1-12-9-10-14(15(17)11-12)16(2,3)13-7-5-4-6-8-13;/h4-8,12,14-15,17H,9-11H2,1-3H3;1H2. The van der Waals surface area contributed by atoms with Gasteiger partial charge in [-0.3, -0.25) is 0 Å². The van der Waals surface area contributed by atoms with Crippen molar-refractivity contribution in [3.63, 3.8) is 0 Å². The third kappa shape index (κ3) is 2.93. The van der Waals surface area contributed by atoms with E-state index >= 15 is 0 Å². The van der Waals surface area contributed by atoms with Gasteiger partial charge in [-0.05, 0) is 35.7 Å². The molecule has 0 aromatic heterocycles.